The summed E-state index contributed by atoms with van der Waals surface area (Å²) in [6.45, 7) is 0. The predicted octanol–water partition coefficient (Wildman–Crippen LogP) is 3.08. The molecule has 116 valence electrons. The third-order valence-corrected chi connectivity index (χ3v) is 4.87. The smallest absolute Gasteiger partial charge is 0.401 e. The SMILES string of the molecule is O=C1OC(c2cc3c(s2)CCC3)=NC1=Cc1ccc([N+](=O)[O-])o1. The summed E-state index contributed by atoms with van der Waals surface area (Å²) in [6.07, 6.45) is 4.60. The number of rotatable bonds is 3. The van der Waals surface area contributed by atoms with Crippen molar-refractivity contribution in [2.24, 2.45) is 4.99 Å². The van der Waals surface area contributed by atoms with Gasteiger partial charge in [-0.1, -0.05) is 0 Å². The van der Waals surface area contributed by atoms with Crippen molar-refractivity contribution in [3.63, 3.8) is 0 Å². The van der Waals surface area contributed by atoms with Crippen molar-refractivity contribution in [3.05, 3.63) is 55.1 Å². The predicted molar refractivity (Wildman–Crippen MR) is 82.3 cm³/mol. The Morgan fingerprint density at radius 3 is 2.96 bits per heavy atom. The third-order valence-electron chi connectivity index (χ3n) is 3.65. The van der Waals surface area contributed by atoms with Crippen LogP contribution >= 0.6 is 11.3 Å². The lowest BCUT2D eigenvalue weighted by Gasteiger charge is -1.94. The fraction of sp³-hybridized carbons (Fsp3) is 0.200. The van der Waals surface area contributed by atoms with Crippen LogP contribution in [0.2, 0.25) is 0 Å². The van der Waals surface area contributed by atoms with E-state index >= 15 is 0 Å². The van der Waals surface area contributed by atoms with Gasteiger partial charge < -0.3 is 9.15 Å². The van der Waals surface area contributed by atoms with Crippen LogP contribution in [0.25, 0.3) is 6.08 Å². The molecule has 1 aliphatic carbocycles. The number of hydrogen-bond donors (Lipinski definition) is 0. The van der Waals surface area contributed by atoms with Crippen LogP contribution in [0.5, 0.6) is 0 Å². The van der Waals surface area contributed by atoms with E-state index in [1.54, 1.807) is 11.3 Å². The van der Waals surface area contributed by atoms with Gasteiger partial charge >= 0.3 is 11.9 Å². The first kappa shape index (κ1) is 13.9. The molecule has 0 saturated heterocycles. The molecule has 0 unspecified atom stereocenters. The molecular formula is C15H10N2O5S. The Hall–Kier alpha value is -2.74. The number of nitro groups is 1. The molecule has 0 bridgehead atoms. The second-order valence-corrected chi connectivity index (χ2v) is 6.32. The number of aryl methyl sites for hydroxylation is 2. The van der Waals surface area contributed by atoms with E-state index in [-0.39, 0.29) is 23.2 Å². The number of hydrogen-bond acceptors (Lipinski definition) is 7. The number of furan rings is 1. The van der Waals surface area contributed by atoms with Crippen LogP contribution in [0.1, 0.15) is 27.5 Å². The highest BCUT2D eigenvalue weighted by molar-refractivity contribution is 7.14. The van der Waals surface area contributed by atoms with E-state index < -0.39 is 10.9 Å². The molecule has 0 atom stereocenters. The number of esters is 1. The summed E-state index contributed by atoms with van der Waals surface area (Å²) in [7, 11) is 0. The van der Waals surface area contributed by atoms with Crippen LogP contribution in [0.4, 0.5) is 5.88 Å². The normalized spacial score (nSPS) is 18.2. The molecule has 0 saturated carbocycles. The highest BCUT2D eigenvalue weighted by atomic mass is 32.1. The van der Waals surface area contributed by atoms with Crippen molar-refractivity contribution < 1.29 is 18.9 Å². The van der Waals surface area contributed by atoms with Gasteiger partial charge in [-0.3, -0.25) is 10.1 Å². The monoisotopic (exact) mass is 330 g/mol. The Morgan fingerprint density at radius 2 is 2.22 bits per heavy atom. The Bertz CT molecular complexity index is 868. The Morgan fingerprint density at radius 1 is 1.35 bits per heavy atom. The molecule has 3 heterocycles. The lowest BCUT2D eigenvalue weighted by Crippen LogP contribution is -2.03. The Labute approximate surface area is 134 Å². The third kappa shape index (κ3) is 2.46. The minimum Gasteiger partial charge on any atom is -0.401 e. The molecule has 2 aliphatic rings. The number of ether oxygens (including phenoxy) is 1. The molecule has 23 heavy (non-hydrogen) atoms. The average Bonchev–Trinajstić information content (AvgIpc) is 3.23. The largest absolute Gasteiger partial charge is 0.433 e. The zero-order chi connectivity index (χ0) is 16.0. The summed E-state index contributed by atoms with van der Waals surface area (Å²) in [5, 5.41) is 10.6. The topological polar surface area (TPSA) is 94.9 Å². The van der Waals surface area contributed by atoms with Crippen molar-refractivity contribution in [1.29, 1.82) is 0 Å². The average molecular weight is 330 g/mol. The molecule has 0 fully saturated rings. The van der Waals surface area contributed by atoms with E-state index in [9.17, 15) is 14.9 Å². The first-order valence-electron chi connectivity index (χ1n) is 6.99. The second-order valence-electron chi connectivity index (χ2n) is 5.18. The molecule has 0 amide bonds. The van der Waals surface area contributed by atoms with Crippen molar-refractivity contribution in [2.75, 3.05) is 0 Å². The summed E-state index contributed by atoms with van der Waals surface area (Å²) in [5.74, 6) is -0.515. The highest BCUT2D eigenvalue weighted by Crippen LogP contribution is 2.33. The van der Waals surface area contributed by atoms with Gasteiger partial charge in [0.2, 0.25) is 5.90 Å². The van der Waals surface area contributed by atoms with E-state index in [0.717, 1.165) is 24.1 Å². The lowest BCUT2D eigenvalue weighted by atomic mass is 10.2. The number of thiophene rings is 1. The molecular weight excluding hydrogens is 320 g/mol. The Balaban J connectivity index is 1.63. The minimum absolute atomic E-state index is 0.0674. The van der Waals surface area contributed by atoms with Gasteiger partial charge in [0.1, 0.15) is 10.7 Å². The van der Waals surface area contributed by atoms with E-state index in [1.807, 2.05) is 6.07 Å². The first-order chi connectivity index (χ1) is 11.1. The highest BCUT2D eigenvalue weighted by Gasteiger charge is 2.27. The molecule has 8 heteroatoms. The molecule has 0 spiro atoms. The minimum atomic E-state index is -0.642. The summed E-state index contributed by atoms with van der Waals surface area (Å²) in [4.78, 5) is 28.2. The fourth-order valence-electron chi connectivity index (χ4n) is 2.60. The number of cyclic esters (lactones) is 1. The van der Waals surface area contributed by atoms with Crippen LogP contribution in [-0.4, -0.2) is 16.8 Å². The molecule has 0 N–H and O–H groups in total. The maximum atomic E-state index is 11.9. The summed E-state index contributed by atoms with van der Waals surface area (Å²) < 4.78 is 10.2. The first-order valence-corrected chi connectivity index (χ1v) is 7.80. The van der Waals surface area contributed by atoms with Crippen molar-refractivity contribution in [2.45, 2.75) is 19.3 Å². The molecule has 1 aliphatic heterocycles. The van der Waals surface area contributed by atoms with Crippen molar-refractivity contribution in [1.82, 2.24) is 0 Å². The van der Waals surface area contributed by atoms with Gasteiger partial charge in [-0.25, -0.2) is 9.79 Å². The molecule has 0 aromatic carbocycles. The quantitative estimate of drug-likeness (QED) is 0.373. The van der Waals surface area contributed by atoms with Gasteiger partial charge in [0, 0.05) is 11.0 Å². The van der Waals surface area contributed by atoms with E-state index in [4.69, 9.17) is 9.15 Å². The standard InChI is InChI=1S/C15H10N2O5S/c18-15-10(7-9-4-5-13(21-9)17(19)20)16-14(22-15)12-6-8-2-1-3-11(8)23-12/h4-7H,1-3H2. The van der Waals surface area contributed by atoms with Gasteiger partial charge in [0.05, 0.1) is 10.9 Å². The number of aliphatic imine (C=N–C) groups is 1. The van der Waals surface area contributed by atoms with Crippen LogP contribution in [0.3, 0.4) is 0 Å². The van der Waals surface area contributed by atoms with Crippen LogP contribution in [0.15, 0.2) is 33.3 Å². The maximum absolute atomic E-state index is 11.9. The Kier molecular flexibility index (Phi) is 3.12. The zero-order valence-electron chi connectivity index (χ0n) is 11.8. The van der Waals surface area contributed by atoms with Gasteiger partial charge in [0.15, 0.2) is 5.70 Å². The second kappa shape index (κ2) is 5.17. The van der Waals surface area contributed by atoms with Crippen LogP contribution in [0, 0.1) is 10.1 Å². The maximum Gasteiger partial charge on any atom is 0.433 e. The van der Waals surface area contributed by atoms with Crippen molar-refractivity contribution in [3.8, 4) is 0 Å². The number of fused-ring (bicyclic) bond motifs is 1. The molecule has 2 aromatic heterocycles. The van der Waals surface area contributed by atoms with Crippen LogP contribution < -0.4 is 0 Å². The molecule has 0 radical (unpaired) electrons. The lowest BCUT2D eigenvalue weighted by molar-refractivity contribution is -0.402. The van der Waals surface area contributed by atoms with Gasteiger partial charge in [-0.2, -0.15) is 0 Å². The van der Waals surface area contributed by atoms with Gasteiger partial charge in [-0.15, -0.1) is 11.3 Å². The zero-order valence-corrected chi connectivity index (χ0v) is 12.6. The summed E-state index contributed by atoms with van der Waals surface area (Å²) >= 11 is 1.59. The summed E-state index contributed by atoms with van der Waals surface area (Å²) in [5.41, 5.74) is 1.36. The fourth-order valence-corrected chi connectivity index (χ4v) is 3.78. The van der Waals surface area contributed by atoms with E-state index in [1.165, 1.54) is 28.6 Å². The van der Waals surface area contributed by atoms with E-state index in [0.29, 0.717) is 0 Å². The number of nitrogens with zero attached hydrogens (tertiary/aromatic N) is 2. The van der Waals surface area contributed by atoms with Gasteiger partial charge in [0.25, 0.3) is 0 Å². The number of carbonyl (C=O) groups is 1. The number of carbonyl (C=O) groups excluding carboxylic acids is 1. The molecule has 4 rings (SSSR count). The van der Waals surface area contributed by atoms with E-state index in [2.05, 4.69) is 4.99 Å². The van der Waals surface area contributed by atoms with Gasteiger partial charge in [-0.05, 0) is 37.0 Å². The molecule has 2 aromatic rings. The molecule has 7 nitrogen and oxygen atoms in total. The van der Waals surface area contributed by atoms with Crippen LogP contribution in [-0.2, 0) is 22.4 Å². The van der Waals surface area contributed by atoms with Crippen molar-refractivity contribution >= 4 is 35.2 Å². The summed E-state index contributed by atoms with van der Waals surface area (Å²) in [6, 6.07) is 4.65.